The first-order valence-electron chi connectivity index (χ1n) is 6.62. The smallest absolute Gasteiger partial charge is 0.149 e. The Labute approximate surface area is 122 Å². The molecular weight excluding hydrogens is 266 g/mol. The van der Waals surface area contributed by atoms with Crippen molar-refractivity contribution in [2.24, 2.45) is 10.2 Å². The molecule has 0 saturated carbocycles. The molecule has 1 atom stereocenters. The standard InChI is InChI=1S/C16H15N3O2/c1-11-17-18-15(12-7-3-2-4-8-12)16(19(11)21)13-9-5-6-10-14(13)20/h2-10,16,20-21H,1H3. The van der Waals surface area contributed by atoms with Gasteiger partial charge < -0.3 is 5.11 Å². The van der Waals surface area contributed by atoms with E-state index < -0.39 is 6.04 Å². The van der Waals surface area contributed by atoms with Crippen molar-refractivity contribution in [3.63, 3.8) is 0 Å². The van der Waals surface area contributed by atoms with E-state index in [4.69, 9.17) is 0 Å². The largest absolute Gasteiger partial charge is 0.508 e. The number of amidine groups is 1. The van der Waals surface area contributed by atoms with E-state index in [2.05, 4.69) is 10.2 Å². The Balaban J connectivity index is 2.14. The number of hydrogen-bond donors (Lipinski definition) is 2. The fraction of sp³-hybridized carbons (Fsp3) is 0.125. The van der Waals surface area contributed by atoms with Crippen LogP contribution in [-0.2, 0) is 0 Å². The number of phenols is 1. The summed E-state index contributed by atoms with van der Waals surface area (Å²) >= 11 is 0. The van der Waals surface area contributed by atoms with Crippen LogP contribution in [0.15, 0.2) is 64.8 Å². The van der Waals surface area contributed by atoms with Crippen molar-refractivity contribution in [2.45, 2.75) is 13.0 Å². The molecule has 0 aliphatic carbocycles. The molecular formula is C16H15N3O2. The maximum Gasteiger partial charge on any atom is 0.149 e. The van der Waals surface area contributed by atoms with Crippen molar-refractivity contribution in [3.05, 3.63) is 65.7 Å². The van der Waals surface area contributed by atoms with Gasteiger partial charge in [0.05, 0.1) is 0 Å². The highest BCUT2D eigenvalue weighted by Gasteiger charge is 2.31. The number of para-hydroxylation sites is 1. The summed E-state index contributed by atoms with van der Waals surface area (Å²) in [6, 6.07) is 15.8. The highest BCUT2D eigenvalue weighted by atomic mass is 16.5. The molecule has 106 valence electrons. The molecule has 2 N–H and O–H groups in total. The molecule has 2 aromatic carbocycles. The lowest BCUT2D eigenvalue weighted by Crippen LogP contribution is -2.38. The summed E-state index contributed by atoms with van der Waals surface area (Å²) in [5, 5.41) is 29.7. The molecule has 21 heavy (non-hydrogen) atoms. The van der Waals surface area contributed by atoms with Crippen LogP contribution in [0.3, 0.4) is 0 Å². The summed E-state index contributed by atoms with van der Waals surface area (Å²) in [5.41, 5.74) is 2.02. The minimum Gasteiger partial charge on any atom is -0.508 e. The van der Waals surface area contributed by atoms with Gasteiger partial charge in [-0.25, -0.2) is 5.06 Å². The molecule has 0 saturated heterocycles. The molecule has 0 radical (unpaired) electrons. The van der Waals surface area contributed by atoms with Crippen molar-refractivity contribution >= 4 is 11.5 Å². The lowest BCUT2D eigenvalue weighted by atomic mass is 9.95. The summed E-state index contributed by atoms with van der Waals surface area (Å²) in [5.74, 6) is 0.489. The molecule has 3 rings (SSSR count). The Morgan fingerprint density at radius 3 is 2.33 bits per heavy atom. The second-order valence-electron chi connectivity index (χ2n) is 4.80. The third kappa shape index (κ3) is 2.39. The van der Waals surface area contributed by atoms with E-state index in [0.29, 0.717) is 17.1 Å². The van der Waals surface area contributed by atoms with Gasteiger partial charge in [-0.15, -0.1) is 5.10 Å². The number of aromatic hydroxyl groups is 1. The van der Waals surface area contributed by atoms with Crippen LogP contribution >= 0.6 is 0 Å². The van der Waals surface area contributed by atoms with Gasteiger partial charge in [-0.3, -0.25) is 5.21 Å². The van der Waals surface area contributed by atoms with E-state index in [1.807, 2.05) is 36.4 Å². The van der Waals surface area contributed by atoms with Crippen LogP contribution in [0.5, 0.6) is 5.75 Å². The van der Waals surface area contributed by atoms with Crippen molar-refractivity contribution in [3.8, 4) is 5.75 Å². The van der Waals surface area contributed by atoms with Gasteiger partial charge in [-0.2, -0.15) is 5.10 Å². The highest BCUT2D eigenvalue weighted by Crippen LogP contribution is 2.33. The number of benzene rings is 2. The van der Waals surface area contributed by atoms with Crippen molar-refractivity contribution in [2.75, 3.05) is 0 Å². The predicted octanol–water partition coefficient (Wildman–Crippen LogP) is 2.96. The van der Waals surface area contributed by atoms with E-state index in [0.717, 1.165) is 10.6 Å². The van der Waals surface area contributed by atoms with Gasteiger partial charge in [-0.05, 0) is 13.0 Å². The van der Waals surface area contributed by atoms with Crippen molar-refractivity contribution < 1.29 is 10.3 Å². The Hall–Kier alpha value is -2.66. The average Bonchev–Trinajstić information content (AvgIpc) is 2.52. The monoisotopic (exact) mass is 281 g/mol. The van der Waals surface area contributed by atoms with E-state index in [9.17, 15) is 10.3 Å². The normalized spacial score (nSPS) is 18.2. The lowest BCUT2D eigenvalue weighted by molar-refractivity contribution is -0.0366. The molecule has 1 aliphatic rings. The molecule has 0 amide bonds. The van der Waals surface area contributed by atoms with Gasteiger partial charge in [-0.1, -0.05) is 48.5 Å². The van der Waals surface area contributed by atoms with Crippen LogP contribution in [0.4, 0.5) is 0 Å². The number of hydrogen-bond acceptors (Lipinski definition) is 5. The van der Waals surface area contributed by atoms with Gasteiger partial charge in [0.15, 0.2) is 0 Å². The summed E-state index contributed by atoms with van der Waals surface area (Å²) in [7, 11) is 0. The minimum atomic E-state index is -0.592. The predicted molar refractivity (Wildman–Crippen MR) is 80.6 cm³/mol. The Kier molecular flexibility index (Phi) is 3.41. The summed E-state index contributed by atoms with van der Waals surface area (Å²) in [4.78, 5) is 0. The number of nitrogens with zero attached hydrogens (tertiary/aromatic N) is 3. The molecule has 0 fully saturated rings. The summed E-state index contributed by atoms with van der Waals surface area (Å²) < 4.78 is 0. The number of rotatable bonds is 2. The molecule has 1 heterocycles. The molecule has 0 spiro atoms. The molecule has 0 bridgehead atoms. The number of hydroxylamine groups is 2. The molecule has 0 aromatic heterocycles. The zero-order valence-electron chi connectivity index (χ0n) is 11.5. The molecule has 5 heteroatoms. The lowest BCUT2D eigenvalue weighted by Gasteiger charge is -2.31. The van der Waals surface area contributed by atoms with Gasteiger partial charge in [0.2, 0.25) is 0 Å². The van der Waals surface area contributed by atoms with Gasteiger partial charge in [0.1, 0.15) is 23.3 Å². The van der Waals surface area contributed by atoms with Crippen LogP contribution in [0.2, 0.25) is 0 Å². The maximum atomic E-state index is 10.4. The van der Waals surface area contributed by atoms with Crippen LogP contribution in [0, 0.1) is 0 Å². The van der Waals surface area contributed by atoms with Crippen LogP contribution in [0.25, 0.3) is 0 Å². The van der Waals surface area contributed by atoms with Crippen molar-refractivity contribution in [1.82, 2.24) is 5.06 Å². The second kappa shape index (κ2) is 5.38. The fourth-order valence-corrected chi connectivity index (χ4v) is 2.35. The Morgan fingerprint density at radius 1 is 0.952 bits per heavy atom. The first-order valence-corrected chi connectivity index (χ1v) is 6.62. The Bertz CT molecular complexity index is 710. The third-order valence-electron chi connectivity index (χ3n) is 3.44. The van der Waals surface area contributed by atoms with Gasteiger partial charge in [0.25, 0.3) is 0 Å². The van der Waals surface area contributed by atoms with E-state index in [1.54, 1.807) is 25.1 Å². The zero-order chi connectivity index (χ0) is 14.8. The molecule has 5 nitrogen and oxygen atoms in total. The quantitative estimate of drug-likeness (QED) is 0.889. The number of phenolic OH excluding ortho intramolecular Hbond substituents is 1. The average molecular weight is 281 g/mol. The van der Waals surface area contributed by atoms with Crippen LogP contribution in [0.1, 0.15) is 24.1 Å². The highest BCUT2D eigenvalue weighted by molar-refractivity contribution is 6.08. The molecule has 2 aromatic rings. The zero-order valence-corrected chi connectivity index (χ0v) is 11.5. The van der Waals surface area contributed by atoms with Crippen LogP contribution in [-0.4, -0.2) is 26.9 Å². The van der Waals surface area contributed by atoms with Crippen LogP contribution < -0.4 is 0 Å². The van der Waals surface area contributed by atoms with Gasteiger partial charge in [0, 0.05) is 11.1 Å². The Morgan fingerprint density at radius 2 is 1.62 bits per heavy atom. The van der Waals surface area contributed by atoms with E-state index in [1.165, 1.54) is 0 Å². The third-order valence-corrected chi connectivity index (χ3v) is 3.44. The first-order chi connectivity index (χ1) is 10.2. The maximum absolute atomic E-state index is 10.4. The minimum absolute atomic E-state index is 0.111. The van der Waals surface area contributed by atoms with Gasteiger partial charge >= 0.3 is 0 Å². The molecule has 1 unspecified atom stereocenters. The second-order valence-corrected chi connectivity index (χ2v) is 4.80. The first kappa shape index (κ1) is 13.3. The van der Waals surface area contributed by atoms with E-state index >= 15 is 0 Å². The fourth-order valence-electron chi connectivity index (χ4n) is 2.35. The summed E-state index contributed by atoms with van der Waals surface area (Å²) in [6.07, 6.45) is 0. The SMILES string of the molecule is CC1=NN=C(c2ccccc2)C(c2ccccc2O)N1O. The topological polar surface area (TPSA) is 68.4 Å². The molecule has 1 aliphatic heterocycles. The van der Waals surface area contributed by atoms with E-state index in [-0.39, 0.29) is 5.75 Å². The van der Waals surface area contributed by atoms with Crippen molar-refractivity contribution in [1.29, 1.82) is 0 Å². The summed E-state index contributed by atoms with van der Waals surface area (Å²) in [6.45, 7) is 1.66.